The fourth-order valence-electron chi connectivity index (χ4n) is 9.69. The fraction of sp³-hybridized carbons (Fsp3) is 0.900. The highest BCUT2D eigenvalue weighted by Crippen LogP contribution is 2.73. The molecular weight excluding hydrogens is 440 g/mol. The number of hydrogen-bond acceptors (Lipinski definition) is 5. The minimum atomic E-state index is -1.34. The van der Waals surface area contributed by atoms with Crippen molar-refractivity contribution in [3.05, 3.63) is 11.6 Å². The van der Waals surface area contributed by atoms with Crippen LogP contribution in [0.25, 0.3) is 0 Å². The standard InChI is InChI=1S/C30H50O5/c1-17(15-22(32)25(34)27(4,5)35)18-9-13-30(8)20-16-21(31)24-26(2,3)23(33)11-12-28(24,6)19(20)10-14-29(18,30)7/h16-19,22-25,32-35H,9-15H2,1-8H3. The zero-order chi connectivity index (χ0) is 26.4. The first-order chi connectivity index (χ1) is 15.9. The summed E-state index contributed by atoms with van der Waals surface area (Å²) in [7, 11) is 0. The summed E-state index contributed by atoms with van der Waals surface area (Å²) < 4.78 is 0. The lowest BCUT2D eigenvalue weighted by atomic mass is 9.40. The van der Waals surface area contributed by atoms with Crippen LogP contribution in [0.15, 0.2) is 11.6 Å². The van der Waals surface area contributed by atoms with Crippen LogP contribution in [-0.4, -0.2) is 50.1 Å². The number of carbonyl (C=O) groups excluding carboxylic acids is 1. The van der Waals surface area contributed by atoms with Gasteiger partial charge in [-0.1, -0.05) is 47.1 Å². The lowest BCUT2D eigenvalue weighted by molar-refractivity contribution is -0.157. The van der Waals surface area contributed by atoms with Gasteiger partial charge in [-0.25, -0.2) is 0 Å². The molecule has 4 aliphatic rings. The van der Waals surface area contributed by atoms with E-state index in [0.717, 1.165) is 38.5 Å². The number of aliphatic hydroxyl groups is 4. The first-order valence-corrected chi connectivity index (χ1v) is 13.9. The topological polar surface area (TPSA) is 98.0 Å². The molecule has 0 aromatic carbocycles. The molecule has 200 valence electrons. The third-order valence-corrected chi connectivity index (χ3v) is 12.0. The van der Waals surface area contributed by atoms with E-state index in [1.54, 1.807) is 0 Å². The van der Waals surface area contributed by atoms with Crippen LogP contribution >= 0.6 is 0 Å². The van der Waals surface area contributed by atoms with Crippen molar-refractivity contribution in [3.63, 3.8) is 0 Å². The third-order valence-electron chi connectivity index (χ3n) is 12.0. The molecular formula is C30H50O5. The van der Waals surface area contributed by atoms with Gasteiger partial charge < -0.3 is 20.4 Å². The zero-order valence-electron chi connectivity index (χ0n) is 23.3. The van der Waals surface area contributed by atoms with Crippen LogP contribution < -0.4 is 0 Å². The van der Waals surface area contributed by atoms with E-state index >= 15 is 0 Å². The molecule has 0 heterocycles. The maximum atomic E-state index is 13.7. The van der Waals surface area contributed by atoms with E-state index in [-0.39, 0.29) is 33.9 Å². The van der Waals surface area contributed by atoms with Crippen molar-refractivity contribution >= 4 is 5.78 Å². The number of rotatable bonds is 5. The van der Waals surface area contributed by atoms with Crippen molar-refractivity contribution in [2.24, 2.45) is 45.3 Å². The molecule has 5 heteroatoms. The molecule has 0 bridgehead atoms. The molecule has 4 N–H and O–H groups in total. The summed E-state index contributed by atoms with van der Waals surface area (Å²) in [4.78, 5) is 13.7. The monoisotopic (exact) mass is 490 g/mol. The molecule has 0 aliphatic heterocycles. The Kier molecular flexibility index (Phi) is 6.53. The molecule has 3 saturated carbocycles. The van der Waals surface area contributed by atoms with Gasteiger partial charge in [0.15, 0.2) is 5.78 Å². The van der Waals surface area contributed by atoms with Crippen molar-refractivity contribution in [1.29, 1.82) is 0 Å². The Morgan fingerprint density at radius 1 is 1.03 bits per heavy atom. The summed E-state index contributed by atoms with van der Waals surface area (Å²) in [5, 5.41) is 42.1. The predicted octanol–water partition coefficient (Wildman–Crippen LogP) is 4.65. The molecule has 4 rings (SSSR count). The molecule has 0 amide bonds. The highest BCUT2D eigenvalue weighted by molar-refractivity contribution is 5.95. The summed E-state index contributed by atoms with van der Waals surface area (Å²) in [5.41, 5.74) is -0.594. The summed E-state index contributed by atoms with van der Waals surface area (Å²) in [6, 6.07) is 0. The molecule has 0 radical (unpaired) electrons. The second-order valence-electron chi connectivity index (χ2n) is 14.7. The molecule has 4 aliphatic carbocycles. The Labute approximate surface area is 212 Å². The predicted molar refractivity (Wildman–Crippen MR) is 137 cm³/mol. The first kappa shape index (κ1) is 27.3. The van der Waals surface area contributed by atoms with Crippen molar-refractivity contribution in [1.82, 2.24) is 0 Å². The number of hydrogen-bond donors (Lipinski definition) is 4. The Balaban J connectivity index is 1.64. The van der Waals surface area contributed by atoms with E-state index in [0.29, 0.717) is 18.3 Å². The minimum absolute atomic E-state index is 0.0152. The number of carbonyl (C=O) groups is 1. The van der Waals surface area contributed by atoms with Crippen LogP contribution in [0, 0.1) is 45.3 Å². The van der Waals surface area contributed by atoms with Crippen LogP contribution in [0.4, 0.5) is 0 Å². The van der Waals surface area contributed by atoms with Gasteiger partial charge in [0.2, 0.25) is 0 Å². The van der Waals surface area contributed by atoms with Crippen LogP contribution in [-0.2, 0) is 4.79 Å². The Morgan fingerprint density at radius 2 is 1.66 bits per heavy atom. The normalized spacial score (nSPS) is 45.6. The Bertz CT molecular complexity index is 886. The molecule has 10 atom stereocenters. The first-order valence-electron chi connectivity index (χ1n) is 13.9. The molecule has 3 fully saturated rings. The second-order valence-corrected chi connectivity index (χ2v) is 14.7. The second kappa shape index (κ2) is 8.38. The van der Waals surface area contributed by atoms with Crippen LogP contribution in [0.3, 0.4) is 0 Å². The van der Waals surface area contributed by atoms with E-state index in [2.05, 4.69) is 41.5 Å². The number of fused-ring (bicyclic) bond motifs is 5. The molecule has 35 heavy (non-hydrogen) atoms. The molecule has 0 saturated heterocycles. The molecule has 5 nitrogen and oxygen atoms in total. The smallest absolute Gasteiger partial charge is 0.159 e. The van der Waals surface area contributed by atoms with E-state index in [1.165, 1.54) is 19.4 Å². The van der Waals surface area contributed by atoms with Gasteiger partial charge in [-0.15, -0.1) is 0 Å². The van der Waals surface area contributed by atoms with Gasteiger partial charge in [0, 0.05) is 11.3 Å². The van der Waals surface area contributed by atoms with Gasteiger partial charge in [-0.05, 0) is 98.9 Å². The van der Waals surface area contributed by atoms with Gasteiger partial charge in [-0.2, -0.15) is 0 Å². The summed E-state index contributed by atoms with van der Waals surface area (Å²) in [5.74, 6) is 0.996. The fourth-order valence-corrected chi connectivity index (χ4v) is 9.69. The highest BCUT2D eigenvalue weighted by Gasteiger charge is 2.66. The van der Waals surface area contributed by atoms with Gasteiger partial charge in [0.1, 0.15) is 6.10 Å². The largest absolute Gasteiger partial charge is 0.393 e. The average molecular weight is 491 g/mol. The molecule has 0 aromatic rings. The lowest BCUT2D eigenvalue weighted by Crippen LogP contribution is -2.60. The van der Waals surface area contributed by atoms with Crippen LogP contribution in [0.1, 0.15) is 100 Å². The van der Waals surface area contributed by atoms with Crippen molar-refractivity contribution < 1.29 is 25.2 Å². The Hall–Kier alpha value is -0.750. The van der Waals surface area contributed by atoms with Crippen molar-refractivity contribution in [3.8, 4) is 0 Å². The molecule has 0 aromatic heterocycles. The highest BCUT2D eigenvalue weighted by atomic mass is 16.4. The van der Waals surface area contributed by atoms with E-state index in [4.69, 9.17) is 0 Å². The van der Waals surface area contributed by atoms with Gasteiger partial charge in [0.05, 0.1) is 17.8 Å². The molecule has 0 spiro atoms. The maximum Gasteiger partial charge on any atom is 0.159 e. The van der Waals surface area contributed by atoms with Crippen LogP contribution in [0.5, 0.6) is 0 Å². The Morgan fingerprint density at radius 3 is 2.26 bits per heavy atom. The van der Waals surface area contributed by atoms with Gasteiger partial charge in [0.25, 0.3) is 0 Å². The van der Waals surface area contributed by atoms with E-state index < -0.39 is 29.3 Å². The quantitative estimate of drug-likeness (QED) is 0.450. The van der Waals surface area contributed by atoms with Gasteiger partial charge >= 0.3 is 0 Å². The number of ketones is 1. The SMILES string of the molecule is CC(CC(O)C(O)C(C)(C)O)C1CCC2(C)C3=CC(=O)C4C(C)(C)C(O)CCC4(C)C3CCC12C. The van der Waals surface area contributed by atoms with Crippen molar-refractivity contribution in [2.45, 2.75) is 124 Å². The minimum Gasteiger partial charge on any atom is -0.393 e. The lowest BCUT2D eigenvalue weighted by Gasteiger charge is -2.63. The third kappa shape index (κ3) is 3.82. The van der Waals surface area contributed by atoms with E-state index in [1.807, 2.05) is 6.08 Å². The van der Waals surface area contributed by atoms with Gasteiger partial charge in [-0.3, -0.25) is 4.79 Å². The maximum absolute atomic E-state index is 13.7. The zero-order valence-corrected chi connectivity index (χ0v) is 23.3. The summed E-state index contributed by atoms with van der Waals surface area (Å²) in [6.45, 7) is 16.5. The average Bonchev–Trinajstić information content (AvgIpc) is 3.01. The summed E-state index contributed by atoms with van der Waals surface area (Å²) >= 11 is 0. The van der Waals surface area contributed by atoms with Crippen molar-refractivity contribution in [2.75, 3.05) is 0 Å². The molecule has 10 unspecified atom stereocenters. The summed E-state index contributed by atoms with van der Waals surface area (Å²) in [6.07, 6.45) is 5.73. The number of aliphatic hydroxyl groups excluding tert-OH is 3. The van der Waals surface area contributed by atoms with Crippen LogP contribution in [0.2, 0.25) is 0 Å². The number of allylic oxidation sites excluding steroid dienone is 2. The van der Waals surface area contributed by atoms with E-state index in [9.17, 15) is 25.2 Å².